The van der Waals surface area contributed by atoms with Crippen LogP contribution in [0.3, 0.4) is 0 Å². The van der Waals surface area contributed by atoms with Gasteiger partial charge in [0.05, 0.1) is 38.1 Å². The molecule has 15 rings (SSSR count). The number of rotatable bonds is 8. The van der Waals surface area contributed by atoms with Crippen molar-refractivity contribution in [1.29, 1.82) is 0 Å². The SMILES string of the molecule is Cc1cc(C)cc(N(c2cc(C)cc(C)c2)c2cc3c(c4c2sc2ccccc24)c2c4sc5ccccc5c4c(N(c4cc(C)cc(C)c4)c4cc(C)cc(C)c4)cc2n3-c2ccc3c(c2)c2ccccc2n3-c2ccccc2)c1. The third-order valence-electron chi connectivity index (χ3n) is 16.2. The van der Waals surface area contributed by atoms with Crippen LogP contribution in [0, 0.1) is 55.4 Å². The second-order valence-electron chi connectivity index (χ2n) is 22.5. The summed E-state index contributed by atoms with van der Waals surface area (Å²) in [5.74, 6) is 0. The van der Waals surface area contributed by atoms with Gasteiger partial charge in [0, 0.05) is 91.3 Å². The van der Waals surface area contributed by atoms with Gasteiger partial charge in [-0.2, -0.15) is 0 Å². The molecule has 0 bridgehead atoms. The van der Waals surface area contributed by atoms with Gasteiger partial charge in [-0.15, -0.1) is 22.7 Å². The van der Waals surface area contributed by atoms with E-state index >= 15 is 0 Å². The van der Waals surface area contributed by atoms with Crippen molar-refractivity contribution < 1.29 is 0 Å². The number of thiophene rings is 2. The largest absolute Gasteiger partial charge is 0.310 e. The summed E-state index contributed by atoms with van der Waals surface area (Å²) >= 11 is 3.85. The van der Waals surface area contributed by atoms with Crippen LogP contribution in [0.5, 0.6) is 0 Å². The Bertz CT molecular complexity index is 4880. The Morgan fingerprint density at radius 2 is 0.688 bits per heavy atom. The Kier molecular flexibility index (Phi) is 11.0. The fraction of sp³-hybridized carbons (Fsp3) is 0.108. The molecule has 0 aliphatic carbocycles. The fourth-order valence-corrected chi connectivity index (χ4v) is 15.9. The summed E-state index contributed by atoms with van der Waals surface area (Å²) in [6, 6.07) is 78.3. The van der Waals surface area contributed by atoms with Crippen LogP contribution in [0.2, 0.25) is 0 Å². The zero-order valence-electron chi connectivity index (χ0n) is 46.2. The van der Waals surface area contributed by atoms with E-state index in [0.717, 1.165) is 56.5 Å². The van der Waals surface area contributed by atoms with E-state index in [-0.39, 0.29) is 0 Å². The summed E-state index contributed by atoms with van der Waals surface area (Å²) in [7, 11) is 0. The topological polar surface area (TPSA) is 16.3 Å². The van der Waals surface area contributed by atoms with E-state index in [0.29, 0.717) is 0 Å². The smallest absolute Gasteiger partial charge is 0.0661 e. The maximum absolute atomic E-state index is 2.63. The molecule has 6 heteroatoms. The molecule has 80 heavy (non-hydrogen) atoms. The van der Waals surface area contributed by atoms with Gasteiger partial charge in [-0.3, -0.25) is 0 Å². The lowest BCUT2D eigenvalue weighted by Crippen LogP contribution is -2.12. The lowest BCUT2D eigenvalue weighted by Gasteiger charge is -2.28. The molecule has 4 nitrogen and oxygen atoms in total. The highest BCUT2D eigenvalue weighted by Gasteiger charge is 2.30. The lowest BCUT2D eigenvalue weighted by molar-refractivity contribution is 1.16. The standard InChI is InChI=1S/C74H58N4S2/c1-43-28-44(2)33-53(32-43)75(54-34-45(3)29-46(4)35-54)63-41-65-72(74-69(63)58-21-13-16-24-67(58)80-74)71-64(78(65)52-26-27-62-60(40-52)57-20-12-15-23-61(57)77(62)51-18-10-9-11-19-51)42-66(73-70(71)59-22-14-17-25-68(59)79-73)76(55-36-47(5)30-48(6)37-55)56-38-49(7)31-50(8)39-56/h9-42H,1-8H3. The van der Waals surface area contributed by atoms with Gasteiger partial charge in [-0.25, -0.2) is 0 Å². The molecule has 0 unspecified atom stereocenters. The zero-order valence-corrected chi connectivity index (χ0v) is 47.9. The van der Waals surface area contributed by atoms with Crippen molar-refractivity contribution in [2.45, 2.75) is 55.4 Å². The van der Waals surface area contributed by atoms with E-state index in [1.54, 1.807) is 0 Å². The van der Waals surface area contributed by atoms with Gasteiger partial charge in [0.15, 0.2) is 0 Å². The van der Waals surface area contributed by atoms with Crippen molar-refractivity contribution in [3.63, 3.8) is 0 Å². The van der Waals surface area contributed by atoms with Crippen molar-refractivity contribution >= 4 is 141 Å². The van der Waals surface area contributed by atoms with Gasteiger partial charge < -0.3 is 18.9 Å². The quantitative estimate of drug-likeness (QED) is 0.151. The summed E-state index contributed by atoms with van der Waals surface area (Å²) < 4.78 is 10.1. The molecular formula is C74H58N4S2. The molecule has 0 amide bonds. The first-order valence-corrected chi connectivity index (χ1v) is 29.3. The number of aromatic nitrogens is 2. The highest BCUT2D eigenvalue weighted by Crippen LogP contribution is 2.56. The molecule has 0 atom stereocenters. The number of benzene rings is 11. The first-order chi connectivity index (χ1) is 38.9. The van der Waals surface area contributed by atoms with Crippen LogP contribution in [0.15, 0.2) is 206 Å². The van der Waals surface area contributed by atoms with Crippen LogP contribution in [-0.4, -0.2) is 9.13 Å². The van der Waals surface area contributed by atoms with Gasteiger partial charge in [0.1, 0.15) is 0 Å². The molecule has 0 aliphatic rings. The van der Waals surface area contributed by atoms with Gasteiger partial charge in [-0.05, 0) is 209 Å². The molecule has 386 valence electrons. The van der Waals surface area contributed by atoms with E-state index in [2.05, 4.69) is 281 Å². The second kappa shape index (κ2) is 18.3. The number of nitrogens with zero attached hydrogens (tertiary/aromatic N) is 4. The molecule has 11 aromatic carbocycles. The summed E-state index contributed by atoms with van der Waals surface area (Å²) in [5.41, 5.74) is 23.7. The third-order valence-corrected chi connectivity index (χ3v) is 18.6. The monoisotopic (exact) mass is 1070 g/mol. The van der Waals surface area contributed by atoms with Crippen molar-refractivity contribution in [3.05, 3.63) is 251 Å². The van der Waals surface area contributed by atoms with E-state index in [1.165, 1.54) is 117 Å². The van der Waals surface area contributed by atoms with E-state index in [1.807, 2.05) is 22.7 Å². The van der Waals surface area contributed by atoms with Gasteiger partial charge in [0.25, 0.3) is 0 Å². The molecule has 0 radical (unpaired) electrons. The Morgan fingerprint density at radius 1 is 0.275 bits per heavy atom. The van der Waals surface area contributed by atoms with Crippen molar-refractivity contribution in [3.8, 4) is 11.4 Å². The number of hydrogen-bond acceptors (Lipinski definition) is 4. The highest BCUT2D eigenvalue weighted by atomic mass is 32.1. The molecule has 0 fully saturated rings. The molecule has 0 saturated heterocycles. The van der Waals surface area contributed by atoms with E-state index in [9.17, 15) is 0 Å². The predicted molar refractivity (Wildman–Crippen MR) is 348 cm³/mol. The zero-order chi connectivity index (χ0) is 54.2. The van der Waals surface area contributed by atoms with Crippen LogP contribution >= 0.6 is 22.7 Å². The second-order valence-corrected chi connectivity index (χ2v) is 24.6. The molecule has 0 N–H and O–H groups in total. The minimum Gasteiger partial charge on any atom is -0.310 e. The van der Waals surface area contributed by atoms with Crippen LogP contribution < -0.4 is 9.80 Å². The Labute approximate surface area is 474 Å². The molecule has 0 aliphatic heterocycles. The summed E-state index contributed by atoms with van der Waals surface area (Å²) in [6.45, 7) is 17.8. The summed E-state index contributed by atoms with van der Waals surface area (Å²) in [4.78, 5) is 5.11. The number of hydrogen-bond donors (Lipinski definition) is 0. The molecule has 0 saturated carbocycles. The van der Waals surface area contributed by atoms with Crippen LogP contribution in [0.25, 0.3) is 95.3 Å². The van der Waals surface area contributed by atoms with Crippen LogP contribution in [-0.2, 0) is 0 Å². The minimum atomic E-state index is 1.11. The van der Waals surface area contributed by atoms with Crippen molar-refractivity contribution in [1.82, 2.24) is 9.13 Å². The molecule has 4 heterocycles. The Balaban J connectivity index is 1.18. The molecule has 0 spiro atoms. The summed E-state index contributed by atoms with van der Waals surface area (Å²) in [6.07, 6.45) is 0. The van der Waals surface area contributed by atoms with Crippen LogP contribution in [0.4, 0.5) is 34.1 Å². The predicted octanol–water partition coefficient (Wildman–Crippen LogP) is 22.0. The fourth-order valence-electron chi connectivity index (χ4n) is 13.5. The molecular weight excluding hydrogens is 1010 g/mol. The Morgan fingerprint density at radius 3 is 1.24 bits per heavy atom. The maximum atomic E-state index is 2.63. The lowest BCUT2D eigenvalue weighted by atomic mass is 9.99. The molecule has 4 aromatic heterocycles. The summed E-state index contributed by atoms with van der Waals surface area (Å²) in [5, 5.41) is 10.1. The molecule has 15 aromatic rings. The Hall–Kier alpha value is -8.94. The van der Waals surface area contributed by atoms with Gasteiger partial charge >= 0.3 is 0 Å². The van der Waals surface area contributed by atoms with Crippen molar-refractivity contribution in [2.24, 2.45) is 0 Å². The average Bonchev–Trinajstić information content (AvgIpc) is 4.26. The van der Waals surface area contributed by atoms with E-state index < -0.39 is 0 Å². The van der Waals surface area contributed by atoms with Gasteiger partial charge in [-0.1, -0.05) is 97.1 Å². The average molecular weight is 1070 g/mol. The number of aryl methyl sites for hydroxylation is 8. The van der Waals surface area contributed by atoms with E-state index in [4.69, 9.17) is 0 Å². The highest BCUT2D eigenvalue weighted by molar-refractivity contribution is 7.27. The normalized spacial score (nSPS) is 12.0. The number of anilines is 6. The first-order valence-electron chi connectivity index (χ1n) is 27.7. The number of fused-ring (bicyclic) bond motifs is 14. The minimum absolute atomic E-state index is 1.11. The van der Waals surface area contributed by atoms with Gasteiger partial charge in [0.2, 0.25) is 0 Å². The maximum Gasteiger partial charge on any atom is 0.0661 e. The van der Waals surface area contributed by atoms with Crippen molar-refractivity contribution in [2.75, 3.05) is 9.80 Å². The van der Waals surface area contributed by atoms with Crippen LogP contribution in [0.1, 0.15) is 44.5 Å². The number of para-hydroxylation sites is 2. The first kappa shape index (κ1) is 48.2. The third kappa shape index (κ3) is 7.61.